The molecule has 2 aromatic heterocycles. The van der Waals surface area contributed by atoms with E-state index in [2.05, 4.69) is 34.1 Å². The summed E-state index contributed by atoms with van der Waals surface area (Å²) in [5, 5.41) is 4.22. The molecule has 1 fully saturated rings. The summed E-state index contributed by atoms with van der Waals surface area (Å²) in [5.74, 6) is 0.730. The van der Waals surface area contributed by atoms with Crippen molar-refractivity contribution < 1.29 is 4.79 Å². The van der Waals surface area contributed by atoms with Gasteiger partial charge in [0.15, 0.2) is 0 Å². The fraction of sp³-hybridized carbons (Fsp3) is 0.444. The van der Waals surface area contributed by atoms with Gasteiger partial charge in [0.1, 0.15) is 5.69 Å². The predicted octanol–water partition coefficient (Wildman–Crippen LogP) is 6.26. The SMILES string of the molecule is CC[C@H](c1cccc(Cl)c1)N1CCn2cc(-c3nc(NC4CCCCC4)ncc3C)cc2C1=O. The third-order valence-electron chi connectivity index (χ3n) is 7.14. The summed E-state index contributed by atoms with van der Waals surface area (Å²) >= 11 is 6.24. The van der Waals surface area contributed by atoms with Crippen LogP contribution in [0.3, 0.4) is 0 Å². The smallest absolute Gasteiger partial charge is 0.271 e. The molecular weight excluding hydrogens is 446 g/mol. The van der Waals surface area contributed by atoms with Crippen molar-refractivity contribution in [3.63, 3.8) is 0 Å². The minimum Gasteiger partial charge on any atom is -0.351 e. The largest absolute Gasteiger partial charge is 0.351 e. The molecule has 0 bridgehead atoms. The molecular formula is C27H32ClN5O. The number of carbonyl (C=O) groups is 1. The zero-order valence-corrected chi connectivity index (χ0v) is 20.7. The van der Waals surface area contributed by atoms with Crippen molar-refractivity contribution in [1.29, 1.82) is 0 Å². The zero-order chi connectivity index (χ0) is 23.7. The first-order valence-electron chi connectivity index (χ1n) is 12.4. The molecule has 0 radical (unpaired) electrons. The number of carbonyl (C=O) groups excluding carboxylic acids is 1. The Morgan fingerprint density at radius 1 is 1.18 bits per heavy atom. The molecule has 2 aliphatic rings. The monoisotopic (exact) mass is 477 g/mol. The molecule has 0 spiro atoms. The van der Waals surface area contributed by atoms with Crippen LogP contribution in [-0.4, -0.2) is 37.9 Å². The molecule has 178 valence electrons. The molecule has 1 aliphatic heterocycles. The average molecular weight is 478 g/mol. The number of aromatic nitrogens is 3. The molecule has 1 saturated carbocycles. The number of amides is 1. The van der Waals surface area contributed by atoms with E-state index in [0.717, 1.165) is 35.3 Å². The number of hydrogen-bond acceptors (Lipinski definition) is 4. The second-order valence-electron chi connectivity index (χ2n) is 9.49. The lowest BCUT2D eigenvalue weighted by atomic mass is 9.96. The number of nitrogens with zero attached hydrogens (tertiary/aromatic N) is 4. The summed E-state index contributed by atoms with van der Waals surface area (Å²) in [6.07, 6.45) is 10.9. The number of halogens is 1. The summed E-state index contributed by atoms with van der Waals surface area (Å²) in [5.41, 5.74) is 4.64. The Labute approximate surface area is 206 Å². The summed E-state index contributed by atoms with van der Waals surface area (Å²) in [6.45, 7) is 5.57. The zero-order valence-electron chi connectivity index (χ0n) is 19.9. The Kier molecular flexibility index (Phi) is 6.59. The van der Waals surface area contributed by atoms with Gasteiger partial charge in [-0.05, 0) is 55.5 Å². The fourth-order valence-electron chi connectivity index (χ4n) is 5.35. The molecule has 7 heteroatoms. The maximum atomic E-state index is 13.6. The second-order valence-corrected chi connectivity index (χ2v) is 9.93. The van der Waals surface area contributed by atoms with Gasteiger partial charge in [0, 0.05) is 42.1 Å². The average Bonchev–Trinajstić information content (AvgIpc) is 3.28. The standard InChI is InChI=1S/C27H32ClN5O/c1-3-23(19-8-7-9-21(28)14-19)33-13-12-32-17-20(15-24(32)26(33)34)25-18(2)16-29-27(31-25)30-22-10-5-4-6-11-22/h7-9,14-17,22-23H,3-6,10-13H2,1-2H3,(H,29,30,31)/t23-/m1/s1. The number of hydrogen-bond donors (Lipinski definition) is 1. The lowest BCUT2D eigenvalue weighted by Crippen LogP contribution is -2.42. The minimum absolute atomic E-state index is 0.00498. The number of fused-ring (bicyclic) bond motifs is 1. The van der Waals surface area contributed by atoms with Gasteiger partial charge in [0.05, 0.1) is 11.7 Å². The molecule has 0 saturated heterocycles. The van der Waals surface area contributed by atoms with Gasteiger partial charge < -0.3 is 14.8 Å². The van der Waals surface area contributed by atoms with E-state index in [1.165, 1.54) is 32.1 Å². The Morgan fingerprint density at radius 2 is 2.00 bits per heavy atom. The van der Waals surface area contributed by atoms with Crippen LogP contribution >= 0.6 is 11.6 Å². The molecule has 3 aromatic rings. The van der Waals surface area contributed by atoms with Crippen LogP contribution in [0.25, 0.3) is 11.3 Å². The summed E-state index contributed by atoms with van der Waals surface area (Å²) in [6, 6.07) is 10.3. The van der Waals surface area contributed by atoms with Crippen LogP contribution in [0.1, 0.15) is 73.1 Å². The highest BCUT2D eigenvalue weighted by atomic mass is 35.5. The molecule has 1 N–H and O–H groups in total. The highest BCUT2D eigenvalue weighted by molar-refractivity contribution is 6.30. The van der Waals surface area contributed by atoms with E-state index >= 15 is 0 Å². The van der Waals surface area contributed by atoms with Crippen molar-refractivity contribution in [3.8, 4) is 11.3 Å². The van der Waals surface area contributed by atoms with Crippen LogP contribution < -0.4 is 5.32 Å². The number of benzene rings is 1. The first-order chi connectivity index (χ1) is 16.5. The lowest BCUT2D eigenvalue weighted by Gasteiger charge is -2.35. The number of nitrogens with one attached hydrogen (secondary N) is 1. The second kappa shape index (κ2) is 9.79. The van der Waals surface area contributed by atoms with Gasteiger partial charge in [-0.2, -0.15) is 0 Å². The summed E-state index contributed by atoms with van der Waals surface area (Å²) in [7, 11) is 0. The molecule has 1 aromatic carbocycles. The predicted molar refractivity (Wildman–Crippen MR) is 136 cm³/mol. The van der Waals surface area contributed by atoms with Crippen molar-refractivity contribution in [2.75, 3.05) is 11.9 Å². The molecule has 1 amide bonds. The van der Waals surface area contributed by atoms with E-state index < -0.39 is 0 Å². The van der Waals surface area contributed by atoms with Gasteiger partial charge in [-0.25, -0.2) is 9.97 Å². The third kappa shape index (κ3) is 4.56. The lowest BCUT2D eigenvalue weighted by molar-refractivity contribution is 0.0610. The van der Waals surface area contributed by atoms with Gasteiger partial charge in [0.25, 0.3) is 5.91 Å². The van der Waals surface area contributed by atoms with Crippen molar-refractivity contribution in [2.45, 2.75) is 71.0 Å². The molecule has 1 aliphatic carbocycles. The van der Waals surface area contributed by atoms with Crippen LogP contribution in [0, 0.1) is 6.92 Å². The van der Waals surface area contributed by atoms with Crippen LogP contribution in [-0.2, 0) is 6.54 Å². The van der Waals surface area contributed by atoms with Crippen LogP contribution in [0.5, 0.6) is 0 Å². The molecule has 3 heterocycles. The van der Waals surface area contributed by atoms with Crippen LogP contribution in [0.2, 0.25) is 5.02 Å². The Bertz CT molecular complexity index is 1180. The Hall–Kier alpha value is -2.86. The highest BCUT2D eigenvalue weighted by Crippen LogP contribution is 2.32. The quantitative estimate of drug-likeness (QED) is 0.455. The fourth-order valence-corrected chi connectivity index (χ4v) is 5.55. The van der Waals surface area contributed by atoms with E-state index in [-0.39, 0.29) is 11.9 Å². The van der Waals surface area contributed by atoms with Crippen molar-refractivity contribution >= 4 is 23.5 Å². The Balaban J connectivity index is 1.41. The van der Waals surface area contributed by atoms with Crippen LogP contribution in [0.4, 0.5) is 5.95 Å². The van der Waals surface area contributed by atoms with Gasteiger partial charge in [-0.15, -0.1) is 0 Å². The van der Waals surface area contributed by atoms with Crippen molar-refractivity contribution in [2.24, 2.45) is 0 Å². The first-order valence-corrected chi connectivity index (χ1v) is 12.8. The number of aryl methyl sites for hydroxylation is 1. The maximum absolute atomic E-state index is 13.6. The van der Waals surface area contributed by atoms with E-state index in [1.54, 1.807) is 0 Å². The first kappa shape index (κ1) is 22.9. The molecule has 5 rings (SSSR count). The van der Waals surface area contributed by atoms with Gasteiger partial charge in [0.2, 0.25) is 5.95 Å². The molecule has 1 atom stereocenters. The van der Waals surface area contributed by atoms with E-state index in [4.69, 9.17) is 16.6 Å². The van der Waals surface area contributed by atoms with Gasteiger partial charge in [-0.3, -0.25) is 4.79 Å². The number of anilines is 1. The van der Waals surface area contributed by atoms with Gasteiger partial charge in [-0.1, -0.05) is 49.9 Å². The van der Waals surface area contributed by atoms with Crippen molar-refractivity contribution in [1.82, 2.24) is 19.4 Å². The molecule has 6 nitrogen and oxygen atoms in total. The van der Waals surface area contributed by atoms with Crippen molar-refractivity contribution in [3.05, 3.63) is 64.6 Å². The number of rotatable bonds is 6. The van der Waals surface area contributed by atoms with E-state index in [0.29, 0.717) is 29.3 Å². The van der Waals surface area contributed by atoms with E-state index in [1.807, 2.05) is 42.3 Å². The summed E-state index contributed by atoms with van der Waals surface area (Å²) < 4.78 is 2.06. The minimum atomic E-state index is 0.00498. The maximum Gasteiger partial charge on any atom is 0.271 e. The van der Waals surface area contributed by atoms with Crippen LogP contribution in [0.15, 0.2) is 42.7 Å². The summed E-state index contributed by atoms with van der Waals surface area (Å²) in [4.78, 5) is 24.9. The third-order valence-corrected chi connectivity index (χ3v) is 7.37. The molecule has 0 unspecified atom stereocenters. The van der Waals surface area contributed by atoms with E-state index in [9.17, 15) is 4.79 Å². The van der Waals surface area contributed by atoms with Gasteiger partial charge >= 0.3 is 0 Å². The molecule has 34 heavy (non-hydrogen) atoms. The topological polar surface area (TPSA) is 63.1 Å². The highest BCUT2D eigenvalue weighted by Gasteiger charge is 2.31. The normalized spacial score (nSPS) is 17.5. The Morgan fingerprint density at radius 3 is 2.76 bits per heavy atom.